The number of aromatic amines is 1. The maximum Gasteiger partial charge on any atom is 0.206 e. The number of halogens is 1. The third-order valence-corrected chi connectivity index (χ3v) is 6.33. The lowest BCUT2D eigenvalue weighted by atomic mass is 9.92. The van der Waals surface area contributed by atoms with Gasteiger partial charge in [-0.15, -0.1) is 12.4 Å². The molecule has 0 radical (unpaired) electrons. The van der Waals surface area contributed by atoms with E-state index in [2.05, 4.69) is 4.98 Å². The molecule has 3 N–H and O–H groups in total. The van der Waals surface area contributed by atoms with Crippen molar-refractivity contribution in [3.63, 3.8) is 0 Å². The number of sulfone groups is 1. The Bertz CT molecular complexity index is 981. The predicted octanol–water partition coefficient (Wildman–Crippen LogP) is 3.24. The number of hydrogen-bond acceptors (Lipinski definition) is 3. The van der Waals surface area contributed by atoms with Crippen molar-refractivity contribution in [1.82, 2.24) is 4.98 Å². The number of aromatic nitrogens is 1. The van der Waals surface area contributed by atoms with Gasteiger partial charge in [0.2, 0.25) is 9.84 Å². The normalized spacial score (nSPS) is 17.3. The number of H-pyrrole nitrogens is 1. The van der Waals surface area contributed by atoms with Crippen LogP contribution >= 0.6 is 12.4 Å². The highest BCUT2D eigenvalue weighted by molar-refractivity contribution is 7.91. The molecule has 24 heavy (non-hydrogen) atoms. The van der Waals surface area contributed by atoms with Crippen LogP contribution in [0.5, 0.6) is 0 Å². The molecule has 6 heteroatoms. The van der Waals surface area contributed by atoms with E-state index in [9.17, 15) is 8.42 Å². The summed E-state index contributed by atoms with van der Waals surface area (Å²) in [5.41, 5.74) is 9.43. The summed E-state index contributed by atoms with van der Waals surface area (Å²) in [6.45, 7) is 0. The van der Waals surface area contributed by atoms with E-state index in [1.807, 2.05) is 12.1 Å². The second-order valence-corrected chi connectivity index (χ2v) is 8.06. The predicted molar refractivity (Wildman–Crippen MR) is 97.4 cm³/mol. The summed E-state index contributed by atoms with van der Waals surface area (Å²) in [6.07, 6.45) is 2.69. The summed E-state index contributed by atoms with van der Waals surface area (Å²) in [5, 5.41) is 0.979. The van der Waals surface area contributed by atoms with Gasteiger partial charge >= 0.3 is 0 Å². The molecule has 4 nitrogen and oxygen atoms in total. The van der Waals surface area contributed by atoms with Crippen molar-refractivity contribution < 1.29 is 8.42 Å². The first kappa shape index (κ1) is 17.0. The van der Waals surface area contributed by atoms with Gasteiger partial charge in [0, 0.05) is 22.6 Å². The van der Waals surface area contributed by atoms with Crippen LogP contribution in [0.25, 0.3) is 10.9 Å². The van der Waals surface area contributed by atoms with E-state index >= 15 is 0 Å². The molecule has 0 spiro atoms. The Hall–Kier alpha value is -1.82. The lowest BCUT2D eigenvalue weighted by Gasteiger charge is -2.18. The van der Waals surface area contributed by atoms with Crippen molar-refractivity contribution in [2.45, 2.75) is 35.1 Å². The number of rotatable bonds is 2. The Morgan fingerprint density at radius 2 is 1.79 bits per heavy atom. The first-order valence-corrected chi connectivity index (χ1v) is 9.23. The third kappa shape index (κ3) is 2.73. The highest BCUT2D eigenvalue weighted by Gasteiger charge is 2.23. The van der Waals surface area contributed by atoms with Gasteiger partial charge in [0.05, 0.1) is 9.79 Å². The van der Waals surface area contributed by atoms with Gasteiger partial charge in [0.15, 0.2) is 0 Å². The summed E-state index contributed by atoms with van der Waals surface area (Å²) in [6, 6.07) is 14.0. The van der Waals surface area contributed by atoms with Crippen LogP contribution in [0.3, 0.4) is 0 Å². The molecular weight excluding hydrogens is 344 g/mol. The van der Waals surface area contributed by atoms with E-state index in [0.717, 1.165) is 30.2 Å². The molecule has 0 unspecified atom stereocenters. The zero-order chi connectivity index (χ0) is 16.0. The summed E-state index contributed by atoms with van der Waals surface area (Å²) < 4.78 is 25.6. The Balaban J connectivity index is 0.00000169. The first-order chi connectivity index (χ1) is 11.1. The van der Waals surface area contributed by atoms with Crippen molar-refractivity contribution in [3.05, 3.63) is 59.8 Å². The Kier molecular flexibility index (Phi) is 4.42. The van der Waals surface area contributed by atoms with Crippen molar-refractivity contribution in [3.8, 4) is 0 Å². The maximum atomic E-state index is 12.8. The largest absolute Gasteiger partial charge is 0.358 e. The van der Waals surface area contributed by atoms with Crippen LogP contribution in [0.1, 0.15) is 17.7 Å². The summed E-state index contributed by atoms with van der Waals surface area (Å²) in [7, 11) is -3.49. The van der Waals surface area contributed by atoms with Crippen LogP contribution in [0.2, 0.25) is 0 Å². The third-order valence-electron chi connectivity index (χ3n) is 4.56. The molecule has 0 saturated carbocycles. The number of benzene rings is 2. The molecule has 4 rings (SSSR count). The van der Waals surface area contributed by atoms with Gasteiger partial charge in [0.1, 0.15) is 0 Å². The molecule has 0 aliphatic heterocycles. The van der Waals surface area contributed by atoms with Gasteiger partial charge in [-0.1, -0.05) is 18.2 Å². The Morgan fingerprint density at radius 1 is 1.04 bits per heavy atom. The standard InChI is InChI=1S/C18H18N2O2S.ClH/c19-12-6-8-17-15(10-12)16-11-14(7-9-18(16)20-17)23(21,22)13-4-2-1-3-5-13;/h1-5,7,9,11-12,20H,6,8,10,19H2;1H/t12-;/m1./s1. The minimum atomic E-state index is -3.49. The van der Waals surface area contributed by atoms with E-state index < -0.39 is 9.84 Å². The van der Waals surface area contributed by atoms with Crippen LogP contribution in [-0.4, -0.2) is 19.4 Å². The van der Waals surface area contributed by atoms with Gasteiger partial charge in [-0.2, -0.15) is 0 Å². The van der Waals surface area contributed by atoms with Crippen molar-refractivity contribution in [1.29, 1.82) is 0 Å². The Morgan fingerprint density at radius 3 is 2.54 bits per heavy atom. The topological polar surface area (TPSA) is 76.0 Å². The summed E-state index contributed by atoms with van der Waals surface area (Å²) in [5.74, 6) is 0. The number of aryl methyl sites for hydroxylation is 1. The maximum absolute atomic E-state index is 12.8. The van der Waals surface area contributed by atoms with Crippen LogP contribution in [-0.2, 0) is 22.7 Å². The zero-order valence-electron chi connectivity index (χ0n) is 13.0. The molecule has 0 saturated heterocycles. The minimum absolute atomic E-state index is 0. The molecule has 2 aromatic carbocycles. The van der Waals surface area contributed by atoms with Crippen LogP contribution < -0.4 is 5.73 Å². The second kappa shape index (κ2) is 6.24. The molecule has 3 aromatic rings. The van der Waals surface area contributed by atoms with E-state index in [0.29, 0.717) is 9.79 Å². The van der Waals surface area contributed by atoms with Gasteiger partial charge < -0.3 is 10.7 Å². The minimum Gasteiger partial charge on any atom is -0.358 e. The average Bonchev–Trinajstić information content (AvgIpc) is 2.93. The quantitative estimate of drug-likeness (QED) is 0.734. The van der Waals surface area contributed by atoms with Gasteiger partial charge in [-0.3, -0.25) is 0 Å². The smallest absolute Gasteiger partial charge is 0.206 e. The lowest BCUT2D eigenvalue weighted by molar-refractivity contribution is 0.574. The lowest BCUT2D eigenvalue weighted by Crippen LogP contribution is -2.27. The van der Waals surface area contributed by atoms with Gasteiger partial charge in [-0.25, -0.2) is 8.42 Å². The molecule has 1 aliphatic carbocycles. The molecule has 1 aromatic heterocycles. The molecule has 1 atom stereocenters. The highest BCUT2D eigenvalue weighted by Crippen LogP contribution is 2.31. The molecule has 1 heterocycles. The van der Waals surface area contributed by atoms with Gasteiger partial charge in [-0.05, 0) is 55.2 Å². The molecule has 126 valence electrons. The van der Waals surface area contributed by atoms with Crippen LogP contribution in [0.15, 0.2) is 58.3 Å². The summed E-state index contributed by atoms with van der Waals surface area (Å²) in [4.78, 5) is 4.06. The van der Waals surface area contributed by atoms with Crippen molar-refractivity contribution in [2.24, 2.45) is 5.73 Å². The van der Waals surface area contributed by atoms with E-state index in [1.165, 1.54) is 11.3 Å². The fraction of sp³-hybridized carbons (Fsp3) is 0.222. The number of nitrogens with two attached hydrogens (primary N) is 1. The van der Waals surface area contributed by atoms with Crippen molar-refractivity contribution >= 4 is 33.1 Å². The van der Waals surface area contributed by atoms with Crippen molar-refractivity contribution in [2.75, 3.05) is 0 Å². The van der Waals surface area contributed by atoms with E-state index in [1.54, 1.807) is 36.4 Å². The molecular formula is C18H19ClN2O2S. The summed E-state index contributed by atoms with van der Waals surface area (Å²) >= 11 is 0. The van der Waals surface area contributed by atoms with Gasteiger partial charge in [0.25, 0.3) is 0 Å². The molecule has 0 bridgehead atoms. The number of hydrogen-bond donors (Lipinski definition) is 2. The number of fused-ring (bicyclic) bond motifs is 3. The zero-order valence-corrected chi connectivity index (χ0v) is 14.7. The average molecular weight is 363 g/mol. The van der Waals surface area contributed by atoms with Crippen LogP contribution in [0.4, 0.5) is 0 Å². The Labute approximate surface area is 147 Å². The fourth-order valence-corrected chi connectivity index (χ4v) is 4.63. The second-order valence-electron chi connectivity index (χ2n) is 6.11. The fourth-order valence-electron chi connectivity index (χ4n) is 3.33. The SMILES string of the molecule is Cl.N[C@@H]1CCc2[nH]c3ccc(S(=O)(=O)c4ccccc4)cc3c2C1. The monoisotopic (exact) mass is 362 g/mol. The van der Waals surface area contributed by atoms with Crippen LogP contribution in [0, 0.1) is 0 Å². The molecule has 0 amide bonds. The van der Waals surface area contributed by atoms with E-state index in [4.69, 9.17) is 5.73 Å². The molecule has 0 fully saturated rings. The number of nitrogens with one attached hydrogen (secondary N) is 1. The first-order valence-electron chi connectivity index (χ1n) is 7.75. The highest BCUT2D eigenvalue weighted by atomic mass is 35.5. The van der Waals surface area contributed by atoms with E-state index in [-0.39, 0.29) is 18.4 Å². The molecule has 1 aliphatic rings.